The van der Waals surface area contributed by atoms with Crippen LogP contribution in [0.4, 0.5) is 5.69 Å². The lowest BCUT2D eigenvalue weighted by atomic mass is 9.99. The molecule has 0 aliphatic heterocycles. The van der Waals surface area contributed by atoms with Crippen LogP contribution in [0, 0.1) is 13.8 Å². The van der Waals surface area contributed by atoms with Gasteiger partial charge in [0.2, 0.25) is 0 Å². The highest BCUT2D eigenvalue weighted by Gasteiger charge is 2.16. The molecule has 0 aromatic heterocycles. The first-order valence-electron chi connectivity index (χ1n) is 8.13. The van der Waals surface area contributed by atoms with Crippen molar-refractivity contribution in [2.45, 2.75) is 13.8 Å². The fourth-order valence-corrected chi connectivity index (χ4v) is 2.60. The molecule has 0 bridgehead atoms. The lowest BCUT2D eigenvalue weighted by Gasteiger charge is -2.12. The van der Waals surface area contributed by atoms with Crippen LogP contribution < -0.4 is 5.32 Å². The average molecular weight is 329 g/mol. The minimum Gasteiger partial charge on any atom is -0.321 e. The predicted molar refractivity (Wildman–Crippen MR) is 100 cm³/mol. The Morgan fingerprint density at radius 2 is 1.36 bits per heavy atom. The first kappa shape index (κ1) is 16.7. The van der Waals surface area contributed by atoms with Crippen LogP contribution in [0.5, 0.6) is 0 Å². The summed E-state index contributed by atoms with van der Waals surface area (Å²) in [5.41, 5.74) is 4.22. The highest BCUT2D eigenvalue weighted by atomic mass is 16.1. The quantitative estimate of drug-likeness (QED) is 0.700. The number of aryl methyl sites for hydroxylation is 2. The van der Waals surface area contributed by atoms with E-state index in [-0.39, 0.29) is 11.7 Å². The van der Waals surface area contributed by atoms with Gasteiger partial charge in [-0.1, -0.05) is 59.7 Å². The van der Waals surface area contributed by atoms with Crippen molar-refractivity contribution in [1.82, 2.24) is 0 Å². The second-order valence-electron chi connectivity index (χ2n) is 6.06. The maximum absolute atomic E-state index is 12.8. The van der Waals surface area contributed by atoms with Gasteiger partial charge in [-0.2, -0.15) is 0 Å². The zero-order valence-corrected chi connectivity index (χ0v) is 14.2. The summed E-state index contributed by atoms with van der Waals surface area (Å²) >= 11 is 0. The first-order chi connectivity index (χ1) is 12.0. The molecule has 0 aliphatic rings. The minimum absolute atomic E-state index is 0.108. The molecule has 3 aromatic rings. The van der Waals surface area contributed by atoms with Crippen molar-refractivity contribution in [1.29, 1.82) is 0 Å². The summed E-state index contributed by atoms with van der Waals surface area (Å²) in [6.45, 7) is 3.89. The molecule has 1 N–H and O–H groups in total. The molecule has 0 radical (unpaired) electrons. The molecule has 3 heteroatoms. The SMILES string of the molecule is Cc1ccc(C(=O)Nc2ccc(C)cc2C(=O)c2ccccc2)cc1. The Morgan fingerprint density at radius 3 is 2.04 bits per heavy atom. The topological polar surface area (TPSA) is 46.2 Å². The number of anilines is 1. The molecule has 1 amide bonds. The largest absolute Gasteiger partial charge is 0.321 e. The monoisotopic (exact) mass is 329 g/mol. The molecule has 0 saturated carbocycles. The molecule has 0 saturated heterocycles. The Hall–Kier alpha value is -3.20. The van der Waals surface area contributed by atoms with Crippen molar-refractivity contribution in [3.8, 4) is 0 Å². The second-order valence-corrected chi connectivity index (χ2v) is 6.06. The van der Waals surface area contributed by atoms with Gasteiger partial charge in [0.25, 0.3) is 5.91 Å². The fourth-order valence-electron chi connectivity index (χ4n) is 2.60. The Kier molecular flexibility index (Phi) is 4.75. The maximum Gasteiger partial charge on any atom is 0.255 e. The van der Waals surface area contributed by atoms with E-state index in [4.69, 9.17) is 0 Å². The molecule has 25 heavy (non-hydrogen) atoms. The summed E-state index contributed by atoms with van der Waals surface area (Å²) in [5, 5.41) is 2.86. The third-order valence-electron chi connectivity index (χ3n) is 4.02. The molecule has 0 heterocycles. The number of hydrogen-bond donors (Lipinski definition) is 1. The van der Waals surface area contributed by atoms with E-state index in [1.807, 2.05) is 50.2 Å². The van der Waals surface area contributed by atoms with E-state index in [2.05, 4.69) is 5.32 Å². The summed E-state index contributed by atoms with van der Waals surface area (Å²) in [5.74, 6) is -0.338. The van der Waals surface area contributed by atoms with Crippen molar-refractivity contribution in [2.24, 2.45) is 0 Å². The van der Waals surface area contributed by atoms with E-state index in [1.165, 1.54) is 0 Å². The summed E-state index contributed by atoms with van der Waals surface area (Å²) in [6, 6.07) is 21.9. The third kappa shape index (κ3) is 3.83. The number of rotatable bonds is 4. The minimum atomic E-state index is -0.231. The van der Waals surface area contributed by atoms with Gasteiger partial charge in [-0.25, -0.2) is 0 Å². The van der Waals surface area contributed by atoms with Gasteiger partial charge in [-0.15, -0.1) is 0 Å². The van der Waals surface area contributed by atoms with Crippen LogP contribution in [0.1, 0.15) is 37.4 Å². The molecular weight excluding hydrogens is 310 g/mol. The van der Waals surface area contributed by atoms with Crippen molar-refractivity contribution in [3.63, 3.8) is 0 Å². The molecule has 0 unspecified atom stereocenters. The van der Waals surface area contributed by atoms with E-state index in [0.717, 1.165) is 11.1 Å². The fraction of sp³-hybridized carbons (Fsp3) is 0.0909. The summed E-state index contributed by atoms with van der Waals surface area (Å²) < 4.78 is 0. The van der Waals surface area contributed by atoms with E-state index >= 15 is 0 Å². The Morgan fingerprint density at radius 1 is 0.720 bits per heavy atom. The van der Waals surface area contributed by atoms with Gasteiger partial charge >= 0.3 is 0 Å². The second kappa shape index (κ2) is 7.14. The van der Waals surface area contributed by atoms with Crippen molar-refractivity contribution in [2.75, 3.05) is 5.32 Å². The number of nitrogens with one attached hydrogen (secondary N) is 1. The highest BCUT2D eigenvalue weighted by molar-refractivity contribution is 6.15. The summed E-state index contributed by atoms with van der Waals surface area (Å²) in [6.07, 6.45) is 0. The van der Waals surface area contributed by atoms with E-state index in [0.29, 0.717) is 22.4 Å². The van der Waals surface area contributed by atoms with Crippen LogP contribution in [-0.2, 0) is 0 Å². The zero-order chi connectivity index (χ0) is 17.8. The van der Waals surface area contributed by atoms with E-state index in [1.54, 1.807) is 36.4 Å². The van der Waals surface area contributed by atoms with Crippen LogP contribution in [0.2, 0.25) is 0 Å². The van der Waals surface area contributed by atoms with E-state index in [9.17, 15) is 9.59 Å². The van der Waals surface area contributed by atoms with Crippen LogP contribution >= 0.6 is 0 Å². The Balaban J connectivity index is 1.93. The van der Waals surface area contributed by atoms with Gasteiger partial charge in [0, 0.05) is 16.7 Å². The van der Waals surface area contributed by atoms with E-state index < -0.39 is 0 Å². The van der Waals surface area contributed by atoms with Gasteiger partial charge in [-0.05, 0) is 38.1 Å². The number of amides is 1. The molecule has 3 rings (SSSR count). The molecule has 0 spiro atoms. The van der Waals surface area contributed by atoms with Gasteiger partial charge in [-0.3, -0.25) is 9.59 Å². The average Bonchev–Trinajstić information content (AvgIpc) is 2.64. The molecular formula is C22H19NO2. The van der Waals surface area contributed by atoms with Gasteiger partial charge in [0.1, 0.15) is 0 Å². The summed E-state index contributed by atoms with van der Waals surface area (Å²) in [7, 11) is 0. The third-order valence-corrected chi connectivity index (χ3v) is 4.02. The maximum atomic E-state index is 12.8. The highest BCUT2D eigenvalue weighted by Crippen LogP contribution is 2.22. The number of carbonyl (C=O) groups excluding carboxylic acids is 2. The predicted octanol–water partition coefficient (Wildman–Crippen LogP) is 4.79. The number of carbonyl (C=O) groups is 2. The first-order valence-corrected chi connectivity index (χ1v) is 8.13. The number of benzene rings is 3. The smallest absolute Gasteiger partial charge is 0.255 e. The van der Waals surface area contributed by atoms with Crippen LogP contribution in [0.3, 0.4) is 0 Å². The lowest BCUT2D eigenvalue weighted by molar-refractivity contribution is 0.102. The van der Waals surface area contributed by atoms with Gasteiger partial charge < -0.3 is 5.32 Å². The van der Waals surface area contributed by atoms with Crippen molar-refractivity contribution in [3.05, 3.63) is 101 Å². The van der Waals surface area contributed by atoms with Crippen LogP contribution in [0.15, 0.2) is 72.8 Å². The molecule has 0 atom stereocenters. The van der Waals surface area contributed by atoms with Crippen LogP contribution in [-0.4, -0.2) is 11.7 Å². The summed E-state index contributed by atoms with van der Waals surface area (Å²) in [4.78, 5) is 25.3. The normalized spacial score (nSPS) is 10.3. The van der Waals surface area contributed by atoms with Crippen molar-refractivity contribution < 1.29 is 9.59 Å². The molecule has 0 aliphatic carbocycles. The van der Waals surface area contributed by atoms with Crippen molar-refractivity contribution >= 4 is 17.4 Å². The Labute approximate surface area is 147 Å². The molecule has 3 aromatic carbocycles. The molecule has 3 nitrogen and oxygen atoms in total. The number of hydrogen-bond acceptors (Lipinski definition) is 2. The number of ketones is 1. The van der Waals surface area contributed by atoms with Crippen LogP contribution in [0.25, 0.3) is 0 Å². The van der Waals surface area contributed by atoms with Gasteiger partial charge in [0.15, 0.2) is 5.78 Å². The standard InChI is InChI=1S/C22H19NO2/c1-15-8-11-18(12-9-15)22(25)23-20-13-10-16(2)14-19(20)21(24)17-6-4-3-5-7-17/h3-14H,1-2H3,(H,23,25). The Bertz CT molecular complexity index is 913. The lowest BCUT2D eigenvalue weighted by Crippen LogP contribution is -2.15. The molecule has 0 fully saturated rings. The molecule has 124 valence electrons. The van der Waals surface area contributed by atoms with Gasteiger partial charge in [0.05, 0.1) is 5.69 Å². The zero-order valence-electron chi connectivity index (χ0n) is 14.2.